The van der Waals surface area contributed by atoms with Crippen LogP contribution >= 0.6 is 0 Å². The van der Waals surface area contributed by atoms with Crippen LogP contribution in [-0.4, -0.2) is 37.4 Å². The van der Waals surface area contributed by atoms with Crippen molar-refractivity contribution in [3.8, 4) is 0 Å². The van der Waals surface area contributed by atoms with E-state index in [0.717, 1.165) is 32.1 Å². The average Bonchev–Trinajstić information content (AvgIpc) is 2.64. The molecule has 0 saturated carbocycles. The molecular weight excluding hydrogens is 336 g/mol. The molecule has 9 heteroatoms. The Kier molecular flexibility index (Phi) is 17.5. The fraction of sp³-hybridized carbons (Fsp3) is 0.824. The predicted molar refractivity (Wildman–Crippen MR) is 102 cm³/mol. The van der Waals surface area contributed by atoms with Crippen molar-refractivity contribution in [3.05, 3.63) is 10.4 Å². The number of amides is 3. The van der Waals surface area contributed by atoms with Gasteiger partial charge in [-0.15, -0.1) is 0 Å². The molecule has 0 aromatic carbocycles. The lowest BCUT2D eigenvalue weighted by molar-refractivity contribution is -0.124. The number of nitrogens with one attached hydrogen (secondary N) is 2. The number of unbranched alkanes of at least 4 members (excludes halogenated alkanes) is 2. The molecule has 0 fully saturated rings. The summed E-state index contributed by atoms with van der Waals surface area (Å²) in [5.41, 5.74) is 12.9. The van der Waals surface area contributed by atoms with Gasteiger partial charge in [0.05, 0.1) is 0 Å². The van der Waals surface area contributed by atoms with E-state index in [2.05, 4.69) is 20.7 Å². The van der Waals surface area contributed by atoms with Gasteiger partial charge in [-0.3, -0.25) is 14.4 Å². The highest BCUT2D eigenvalue weighted by Crippen LogP contribution is 2.00. The Morgan fingerprint density at radius 1 is 1.00 bits per heavy atom. The van der Waals surface area contributed by atoms with Crippen LogP contribution in [0.15, 0.2) is 5.11 Å². The van der Waals surface area contributed by atoms with Crippen LogP contribution < -0.4 is 16.4 Å². The predicted octanol–water partition coefficient (Wildman–Crippen LogP) is 2.26. The maximum absolute atomic E-state index is 11.4. The SMILES string of the molecule is CCC(C)C(=O)NCCCCCNC(=O)CN=[N+]=[N-].CCC(C)C(N)=O. The van der Waals surface area contributed by atoms with E-state index in [0.29, 0.717) is 13.1 Å². The quantitative estimate of drug-likeness (QED) is 0.209. The van der Waals surface area contributed by atoms with Gasteiger partial charge in [0, 0.05) is 29.8 Å². The van der Waals surface area contributed by atoms with Gasteiger partial charge in [-0.2, -0.15) is 0 Å². The van der Waals surface area contributed by atoms with Gasteiger partial charge in [0.1, 0.15) is 6.54 Å². The van der Waals surface area contributed by atoms with Crippen LogP contribution in [0.2, 0.25) is 0 Å². The fourth-order valence-electron chi connectivity index (χ4n) is 1.58. The molecule has 0 aliphatic carbocycles. The molecule has 0 aliphatic heterocycles. The monoisotopic (exact) mass is 370 g/mol. The second-order valence-electron chi connectivity index (χ2n) is 6.11. The van der Waals surface area contributed by atoms with E-state index in [4.69, 9.17) is 11.3 Å². The first-order chi connectivity index (χ1) is 12.3. The Morgan fingerprint density at radius 2 is 1.54 bits per heavy atom. The molecule has 3 amide bonds. The zero-order chi connectivity index (χ0) is 20.4. The maximum Gasteiger partial charge on any atom is 0.225 e. The van der Waals surface area contributed by atoms with Gasteiger partial charge in [0.25, 0.3) is 0 Å². The Hall–Kier alpha value is -2.28. The number of nitrogens with zero attached hydrogens (tertiary/aromatic N) is 3. The van der Waals surface area contributed by atoms with E-state index < -0.39 is 0 Å². The largest absolute Gasteiger partial charge is 0.369 e. The van der Waals surface area contributed by atoms with Gasteiger partial charge in [-0.05, 0) is 37.6 Å². The minimum absolute atomic E-state index is 0.0417. The standard InChI is InChI=1S/C12H23N5O2.C5H11NO/c1-3-10(2)12(19)15-8-6-4-5-7-14-11(18)9-16-17-13;1-3-4(2)5(6)7/h10H,3-9H2,1-2H3,(H,14,18)(H,15,19);4H,3H2,1-2H3,(H2,6,7). The van der Waals surface area contributed by atoms with E-state index in [-0.39, 0.29) is 36.1 Å². The van der Waals surface area contributed by atoms with Gasteiger partial charge in [-0.25, -0.2) is 0 Å². The molecule has 9 nitrogen and oxygen atoms in total. The van der Waals surface area contributed by atoms with Crippen molar-refractivity contribution in [2.45, 2.75) is 59.8 Å². The molecule has 0 aromatic rings. The molecule has 0 saturated heterocycles. The summed E-state index contributed by atoms with van der Waals surface area (Å²) in [7, 11) is 0. The Bertz CT molecular complexity index is 463. The molecule has 26 heavy (non-hydrogen) atoms. The molecule has 0 rings (SSSR count). The Labute approximate surface area is 156 Å². The summed E-state index contributed by atoms with van der Waals surface area (Å²) in [4.78, 5) is 35.2. The maximum atomic E-state index is 11.4. The molecule has 0 aliphatic rings. The normalized spacial score (nSPS) is 11.8. The summed E-state index contributed by atoms with van der Waals surface area (Å²) in [5.74, 6) is -0.254. The van der Waals surface area contributed by atoms with Gasteiger partial charge < -0.3 is 16.4 Å². The summed E-state index contributed by atoms with van der Waals surface area (Å²) in [6.45, 7) is 8.76. The number of carbonyl (C=O) groups excluding carboxylic acids is 3. The van der Waals surface area contributed by atoms with Gasteiger partial charge >= 0.3 is 0 Å². The van der Waals surface area contributed by atoms with Crippen molar-refractivity contribution in [1.82, 2.24) is 10.6 Å². The van der Waals surface area contributed by atoms with E-state index in [9.17, 15) is 14.4 Å². The van der Waals surface area contributed by atoms with Gasteiger partial charge in [0.15, 0.2) is 0 Å². The van der Waals surface area contributed by atoms with Crippen LogP contribution in [0, 0.1) is 11.8 Å². The number of carbonyl (C=O) groups is 3. The van der Waals surface area contributed by atoms with Crippen molar-refractivity contribution in [2.24, 2.45) is 22.7 Å². The molecular formula is C17H34N6O3. The van der Waals surface area contributed by atoms with Crippen LogP contribution in [0.1, 0.15) is 59.8 Å². The van der Waals surface area contributed by atoms with Crippen LogP contribution in [0.5, 0.6) is 0 Å². The van der Waals surface area contributed by atoms with Crippen molar-refractivity contribution < 1.29 is 14.4 Å². The zero-order valence-electron chi connectivity index (χ0n) is 16.5. The van der Waals surface area contributed by atoms with Crippen molar-refractivity contribution >= 4 is 17.7 Å². The van der Waals surface area contributed by atoms with Crippen LogP contribution in [-0.2, 0) is 14.4 Å². The molecule has 0 radical (unpaired) electrons. The third-order valence-corrected chi connectivity index (χ3v) is 3.91. The minimum Gasteiger partial charge on any atom is -0.369 e. The molecule has 150 valence electrons. The van der Waals surface area contributed by atoms with Gasteiger partial charge in [-0.1, -0.05) is 32.8 Å². The number of nitrogens with two attached hydrogens (primary N) is 1. The van der Waals surface area contributed by atoms with Crippen molar-refractivity contribution in [1.29, 1.82) is 0 Å². The highest BCUT2D eigenvalue weighted by molar-refractivity contribution is 5.78. The lowest BCUT2D eigenvalue weighted by atomic mass is 10.1. The van der Waals surface area contributed by atoms with Crippen LogP contribution in [0.3, 0.4) is 0 Å². The topological polar surface area (TPSA) is 150 Å². The minimum atomic E-state index is -0.261. The lowest BCUT2D eigenvalue weighted by Gasteiger charge is -2.09. The summed E-state index contributed by atoms with van der Waals surface area (Å²) < 4.78 is 0. The van der Waals surface area contributed by atoms with E-state index in [1.165, 1.54) is 0 Å². The number of azide groups is 1. The summed E-state index contributed by atoms with van der Waals surface area (Å²) in [6, 6.07) is 0. The van der Waals surface area contributed by atoms with E-state index in [1.807, 2.05) is 27.7 Å². The number of hydrogen-bond donors (Lipinski definition) is 3. The molecule has 2 unspecified atom stereocenters. The lowest BCUT2D eigenvalue weighted by Crippen LogP contribution is -2.30. The smallest absolute Gasteiger partial charge is 0.225 e. The fourth-order valence-corrected chi connectivity index (χ4v) is 1.58. The molecule has 0 heterocycles. The number of primary amides is 1. The third kappa shape index (κ3) is 16.6. The third-order valence-electron chi connectivity index (χ3n) is 3.91. The average molecular weight is 370 g/mol. The van der Waals surface area contributed by atoms with Gasteiger partial charge in [0.2, 0.25) is 17.7 Å². The van der Waals surface area contributed by atoms with Crippen molar-refractivity contribution in [2.75, 3.05) is 19.6 Å². The second-order valence-corrected chi connectivity index (χ2v) is 6.11. The Morgan fingerprint density at radius 3 is 1.96 bits per heavy atom. The Balaban J connectivity index is 0. The summed E-state index contributed by atoms with van der Waals surface area (Å²) in [5, 5.41) is 8.70. The van der Waals surface area contributed by atoms with Crippen LogP contribution in [0.4, 0.5) is 0 Å². The molecule has 0 bridgehead atoms. The highest BCUT2D eigenvalue weighted by atomic mass is 16.2. The first-order valence-corrected chi connectivity index (χ1v) is 9.14. The number of rotatable bonds is 12. The van der Waals surface area contributed by atoms with Crippen LogP contribution in [0.25, 0.3) is 10.4 Å². The first-order valence-electron chi connectivity index (χ1n) is 9.14. The first kappa shape index (κ1) is 26.0. The zero-order valence-corrected chi connectivity index (χ0v) is 16.5. The molecule has 0 spiro atoms. The molecule has 4 N–H and O–H groups in total. The highest BCUT2D eigenvalue weighted by Gasteiger charge is 2.08. The molecule has 0 aromatic heterocycles. The van der Waals surface area contributed by atoms with Crippen molar-refractivity contribution in [3.63, 3.8) is 0 Å². The summed E-state index contributed by atoms with van der Waals surface area (Å²) >= 11 is 0. The molecule has 2 atom stereocenters. The van der Waals surface area contributed by atoms with E-state index in [1.54, 1.807) is 0 Å². The summed E-state index contributed by atoms with van der Waals surface area (Å²) in [6.07, 6.45) is 4.37. The number of hydrogen-bond acceptors (Lipinski definition) is 4. The second kappa shape index (κ2) is 17.5. The van der Waals surface area contributed by atoms with E-state index >= 15 is 0 Å².